The summed E-state index contributed by atoms with van der Waals surface area (Å²) < 4.78 is 0. The van der Waals surface area contributed by atoms with E-state index in [1.807, 2.05) is 49.4 Å². The van der Waals surface area contributed by atoms with Crippen LogP contribution in [0.5, 0.6) is 0 Å². The lowest BCUT2D eigenvalue weighted by Gasteiger charge is -2.10. The number of aromatic nitrogens is 2. The van der Waals surface area contributed by atoms with E-state index in [0.717, 1.165) is 16.9 Å². The molecule has 5 nitrogen and oxygen atoms in total. The lowest BCUT2D eigenvalue weighted by atomic mass is 10.0. The maximum absolute atomic E-state index is 12.5. The van der Waals surface area contributed by atoms with Gasteiger partial charge in [-0.2, -0.15) is 0 Å². The summed E-state index contributed by atoms with van der Waals surface area (Å²) in [4.78, 5) is 21.2. The lowest BCUT2D eigenvalue weighted by Crippen LogP contribution is -2.24. The molecule has 138 valence electrons. The highest BCUT2D eigenvalue weighted by Crippen LogP contribution is 2.19. The van der Waals surface area contributed by atoms with Crippen LogP contribution in [0.3, 0.4) is 0 Å². The fourth-order valence-electron chi connectivity index (χ4n) is 2.69. The molecule has 0 saturated heterocycles. The fourth-order valence-corrected chi connectivity index (χ4v) is 2.69. The molecule has 3 rings (SSSR count). The minimum atomic E-state index is -0.220. The Kier molecular flexibility index (Phi) is 5.81. The molecule has 1 amide bonds. The SMILES string of the molecule is Cc1cc(C(=O)NCc2ccccc2)nc(Nc2ccc(C(C)C)cc2)n1. The van der Waals surface area contributed by atoms with Crippen molar-refractivity contribution in [3.8, 4) is 0 Å². The molecule has 0 unspecified atom stereocenters. The number of aryl methyl sites for hydroxylation is 1. The summed E-state index contributed by atoms with van der Waals surface area (Å²) >= 11 is 0. The van der Waals surface area contributed by atoms with Gasteiger partial charge in [-0.05, 0) is 42.2 Å². The molecule has 27 heavy (non-hydrogen) atoms. The van der Waals surface area contributed by atoms with Gasteiger partial charge < -0.3 is 10.6 Å². The molecule has 0 fully saturated rings. The van der Waals surface area contributed by atoms with E-state index >= 15 is 0 Å². The molecule has 1 heterocycles. The molecule has 0 spiro atoms. The van der Waals surface area contributed by atoms with Crippen LogP contribution in [-0.2, 0) is 6.54 Å². The zero-order valence-electron chi connectivity index (χ0n) is 15.9. The van der Waals surface area contributed by atoms with E-state index < -0.39 is 0 Å². The van der Waals surface area contributed by atoms with Crippen molar-refractivity contribution in [3.63, 3.8) is 0 Å². The Morgan fingerprint density at radius 1 is 1.00 bits per heavy atom. The fraction of sp³-hybridized carbons (Fsp3) is 0.227. The quantitative estimate of drug-likeness (QED) is 0.675. The molecule has 1 aromatic heterocycles. The number of rotatable bonds is 6. The van der Waals surface area contributed by atoms with Crippen molar-refractivity contribution in [2.45, 2.75) is 33.2 Å². The number of nitrogens with one attached hydrogen (secondary N) is 2. The highest BCUT2D eigenvalue weighted by Gasteiger charge is 2.11. The second-order valence-electron chi connectivity index (χ2n) is 6.79. The summed E-state index contributed by atoms with van der Waals surface area (Å²) in [6.07, 6.45) is 0. The number of hydrogen-bond donors (Lipinski definition) is 2. The van der Waals surface area contributed by atoms with Gasteiger partial charge in [-0.1, -0.05) is 56.3 Å². The summed E-state index contributed by atoms with van der Waals surface area (Å²) in [5.41, 5.74) is 4.28. The monoisotopic (exact) mass is 360 g/mol. The number of amides is 1. The Morgan fingerprint density at radius 2 is 1.70 bits per heavy atom. The second-order valence-corrected chi connectivity index (χ2v) is 6.79. The predicted octanol–water partition coefficient (Wildman–Crippen LogP) is 4.58. The van der Waals surface area contributed by atoms with E-state index in [1.165, 1.54) is 5.56 Å². The van der Waals surface area contributed by atoms with Gasteiger partial charge in [0, 0.05) is 17.9 Å². The Bertz CT molecular complexity index is 905. The molecule has 0 saturated carbocycles. The van der Waals surface area contributed by atoms with Crippen molar-refractivity contribution in [1.82, 2.24) is 15.3 Å². The van der Waals surface area contributed by atoms with Crippen LogP contribution in [0.4, 0.5) is 11.6 Å². The molecule has 0 aliphatic carbocycles. The first-order valence-corrected chi connectivity index (χ1v) is 9.06. The summed E-state index contributed by atoms with van der Waals surface area (Å²) in [5.74, 6) is 0.675. The highest BCUT2D eigenvalue weighted by atomic mass is 16.1. The van der Waals surface area contributed by atoms with Crippen molar-refractivity contribution >= 4 is 17.5 Å². The average molecular weight is 360 g/mol. The zero-order valence-corrected chi connectivity index (χ0v) is 15.9. The summed E-state index contributed by atoms with van der Waals surface area (Å²) in [5, 5.41) is 6.07. The maximum atomic E-state index is 12.5. The smallest absolute Gasteiger partial charge is 0.270 e. The summed E-state index contributed by atoms with van der Waals surface area (Å²) in [6, 6.07) is 19.6. The molecular formula is C22H24N4O. The number of carbonyl (C=O) groups is 1. The zero-order chi connectivity index (χ0) is 19.2. The topological polar surface area (TPSA) is 66.9 Å². The number of benzene rings is 2. The van der Waals surface area contributed by atoms with Crippen LogP contribution < -0.4 is 10.6 Å². The standard InChI is InChI=1S/C22H24N4O/c1-15(2)18-9-11-19(12-10-18)25-22-24-16(3)13-20(26-22)21(27)23-14-17-7-5-4-6-8-17/h4-13,15H,14H2,1-3H3,(H,23,27)(H,24,25,26). The van der Waals surface area contributed by atoms with E-state index in [2.05, 4.69) is 46.6 Å². The summed E-state index contributed by atoms with van der Waals surface area (Å²) in [7, 11) is 0. The molecule has 0 aliphatic rings. The lowest BCUT2D eigenvalue weighted by molar-refractivity contribution is 0.0945. The predicted molar refractivity (Wildman–Crippen MR) is 108 cm³/mol. The minimum Gasteiger partial charge on any atom is -0.347 e. The Labute approximate surface area is 159 Å². The largest absolute Gasteiger partial charge is 0.347 e. The van der Waals surface area contributed by atoms with Crippen molar-refractivity contribution in [3.05, 3.63) is 83.2 Å². The number of carbonyl (C=O) groups excluding carboxylic acids is 1. The molecule has 0 atom stereocenters. The average Bonchev–Trinajstić information content (AvgIpc) is 2.67. The van der Waals surface area contributed by atoms with Crippen LogP contribution in [0.15, 0.2) is 60.7 Å². The first-order chi connectivity index (χ1) is 13.0. The van der Waals surface area contributed by atoms with Crippen molar-refractivity contribution in [1.29, 1.82) is 0 Å². The Morgan fingerprint density at radius 3 is 2.37 bits per heavy atom. The molecule has 2 N–H and O–H groups in total. The molecule has 2 aromatic carbocycles. The first kappa shape index (κ1) is 18.6. The number of nitrogens with zero attached hydrogens (tertiary/aromatic N) is 2. The normalized spacial score (nSPS) is 10.7. The van der Waals surface area contributed by atoms with Gasteiger partial charge in [0.05, 0.1) is 0 Å². The van der Waals surface area contributed by atoms with Gasteiger partial charge in [-0.3, -0.25) is 4.79 Å². The van der Waals surface area contributed by atoms with E-state index in [1.54, 1.807) is 6.07 Å². The molecule has 5 heteroatoms. The van der Waals surface area contributed by atoms with Crippen molar-refractivity contribution in [2.24, 2.45) is 0 Å². The van der Waals surface area contributed by atoms with Gasteiger partial charge in [0.15, 0.2) is 0 Å². The van der Waals surface area contributed by atoms with Gasteiger partial charge in [0.2, 0.25) is 5.95 Å². The number of hydrogen-bond acceptors (Lipinski definition) is 4. The maximum Gasteiger partial charge on any atom is 0.270 e. The summed E-state index contributed by atoms with van der Waals surface area (Å²) in [6.45, 7) is 6.63. The Hall–Kier alpha value is -3.21. The van der Waals surface area contributed by atoms with Gasteiger partial charge in [-0.25, -0.2) is 9.97 Å². The van der Waals surface area contributed by atoms with Crippen LogP contribution >= 0.6 is 0 Å². The second kappa shape index (κ2) is 8.45. The van der Waals surface area contributed by atoms with Crippen molar-refractivity contribution in [2.75, 3.05) is 5.32 Å². The third-order valence-corrected chi connectivity index (χ3v) is 4.22. The van der Waals surface area contributed by atoms with Gasteiger partial charge in [0.25, 0.3) is 5.91 Å². The molecule has 0 aliphatic heterocycles. The van der Waals surface area contributed by atoms with Gasteiger partial charge >= 0.3 is 0 Å². The van der Waals surface area contributed by atoms with Crippen LogP contribution in [0.2, 0.25) is 0 Å². The third kappa shape index (κ3) is 5.14. The van der Waals surface area contributed by atoms with Crippen LogP contribution in [-0.4, -0.2) is 15.9 Å². The number of anilines is 2. The minimum absolute atomic E-state index is 0.220. The molecule has 0 radical (unpaired) electrons. The van der Waals surface area contributed by atoms with Gasteiger partial charge in [-0.15, -0.1) is 0 Å². The van der Waals surface area contributed by atoms with E-state index in [-0.39, 0.29) is 5.91 Å². The van der Waals surface area contributed by atoms with E-state index in [0.29, 0.717) is 24.1 Å². The third-order valence-electron chi connectivity index (χ3n) is 4.22. The highest BCUT2D eigenvalue weighted by molar-refractivity contribution is 5.92. The van der Waals surface area contributed by atoms with Gasteiger partial charge in [0.1, 0.15) is 5.69 Å². The molecule has 0 bridgehead atoms. The van der Waals surface area contributed by atoms with E-state index in [9.17, 15) is 4.79 Å². The van der Waals surface area contributed by atoms with Crippen molar-refractivity contribution < 1.29 is 4.79 Å². The Balaban J connectivity index is 1.70. The first-order valence-electron chi connectivity index (χ1n) is 9.06. The molecular weight excluding hydrogens is 336 g/mol. The van der Waals surface area contributed by atoms with Crippen LogP contribution in [0.25, 0.3) is 0 Å². The van der Waals surface area contributed by atoms with Crippen LogP contribution in [0, 0.1) is 6.92 Å². The van der Waals surface area contributed by atoms with Crippen LogP contribution in [0.1, 0.15) is 47.1 Å². The van der Waals surface area contributed by atoms with E-state index in [4.69, 9.17) is 0 Å². The molecule has 3 aromatic rings.